The van der Waals surface area contributed by atoms with E-state index in [0.29, 0.717) is 10.6 Å². The highest BCUT2D eigenvalue weighted by Crippen LogP contribution is 2.13. The molecular formula is C14H15ClN2O2. The van der Waals surface area contributed by atoms with E-state index in [1.807, 2.05) is 29.9 Å². The molecule has 1 heterocycles. The van der Waals surface area contributed by atoms with Crippen molar-refractivity contribution in [1.82, 2.24) is 9.88 Å². The molecule has 0 radical (unpaired) electrons. The van der Waals surface area contributed by atoms with E-state index in [4.69, 9.17) is 11.6 Å². The van der Waals surface area contributed by atoms with E-state index in [1.54, 1.807) is 24.3 Å². The fourth-order valence-corrected chi connectivity index (χ4v) is 2.04. The molecule has 0 saturated heterocycles. The number of amides is 1. The first kappa shape index (κ1) is 13.6. The Kier molecular flexibility index (Phi) is 4.24. The van der Waals surface area contributed by atoms with Gasteiger partial charge in [0, 0.05) is 36.1 Å². The number of aryl methyl sites for hydroxylation is 1. The van der Waals surface area contributed by atoms with Crippen LogP contribution in [0.2, 0.25) is 5.02 Å². The van der Waals surface area contributed by atoms with Gasteiger partial charge in [0.15, 0.2) is 0 Å². The van der Waals surface area contributed by atoms with Crippen molar-refractivity contribution in [1.29, 1.82) is 0 Å². The van der Waals surface area contributed by atoms with Crippen molar-refractivity contribution in [3.05, 3.63) is 58.9 Å². The fourth-order valence-electron chi connectivity index (χ4n) is 1.85. The third-order valence-corrected chi connectivity index (χ3v) is 3.10. The zero-order valence-electron chi connectivity index (χ0n) is 10.5. The molecule has 1 atom stereocenters. The number of hydrogen-bond donors (Lipinski definition) is 2. The Bertz CT molecular complexity index is 580. The lowest BCUT2D eigenvalue weighted by Crippen LogP contribution is -2.29. The Morgan fingerprint density at radius 1 is 1.42 bits per heavy atom. The maximum atomic E-state index is 11.9. The quantitative estimate of drug-likeness (QED) is 0.900. The van der Waals surface area contributed by atoms with Crippen LogP contribution in [0.15, 0.2) is 42.6 Å². The largest absolute Gasteiger partial charge is 0.385 e. The summed E-state index contributed by atoms with van der Waals surface area (Å²) in [4.78, 5) is 11.9. The van der Waals surface area contributed by atoms with Crippen molar-refractivity contribution in [2.45, 2.75) is 6.10 Å². The molecule has 0 saturated carbocycles. The number of aliphatic hydroxyl groups is 1. The molecule has 2 aromatic rings. The van der Waals surface area contributed by atoms with E-state index < -0.39 is 6.10 Å². The van der Waals surface area contributed by atoms with Crippen molar-refractivity contribution >= 4 is 17.5 Å². The smallest absolute Gasteiger partial charge is 0.251 e. The highest BCUT2D eigenvalue weighted by molar-refractivity contribution is 6.30. The van der Waals surface area contributed by atoms with Crippen molar-refractivity contribution in [3.8, 4) is 0 Å². The second-order valence-corrected chi connectivity index (χ2v) is 4.72. The van der Waals surface area contributed by atoms with E-state index >= 15 is 0 Å². The summed E-state index contributed by atoms with van der Waals surface area (Å²) in [6, 6.07) is 10.3. The molecule has 5 heteroatoms. The number of aromatic nitrogens is 1. The van der Waals surface area contributed by atoms with Gasteiger partial charge in [-0.3, -0.25) is 4.79 Å². The lowest BCUT2D eigenvalue weighted by molar-refractivity contribution is 0.0912. The maximum absolute atomic E-state index is 11.9. The van der Waals surface area contributed by atoms with Crippen LogP contribution in [0.25, 0.3) is 0 Å². The summed E-state index contributed by atoms with van der Waals surface area (Å²) in [5, 5.41) is 13.2. The van der Waals surface area contributed by atoms with Crippen molar-refractivity contribution < 1.29 is 9.90 Å². The van der Waals surface area contributed by atoms with Crippen LogP contribution < -0.4 is 5.32 Å². The van der Waals surface area contributed by atoms with Gasteiger partial charge < -0.3 is 15.0 Å². The number of rotatable bonds is 4. The summed E-state index contributed by atoms with van der Waals surface area (Å²) in [6.07, 6.45) is 1.11. The van der Waals surface area contributed by atoms with Gasteiger partial charge in [-0.15, -0.1) is 0 Å². The third-order valence-electron chi connectivity index (χ3n) is 2.87. The van der Waals surface area contributed by atoms with Crippen LogP contribution in [-0.2, 0) is 7.05 Å². The highest BCUT2D eigenvalue weighted by atomic mass is 35.5. The van der Waals surface area contributed by atoms with E-state index in [0.717, 1.165) is 5.69 Å². The molecule has 100 valence electrons. The second-order valence-electron chi connectivity index (χ2n) is 4.28. The Morgan fingerprint density at radius 2 is 2.21 bits per heavy atom. The molecule has 1 aromatic heterocycles. The van der Waals surface area contributed by atoms with Crippen LogP contribution in [-0.4, -0.2) is 22.1 Å². The fraction of sp³-hybridized carbons (Fsp3) is 0.214. The number of benzene rings is 1. The second kappa shape index (κ2) is 5.91. The minimum atomic E-state index is -0.733. The molecular weight excluding hydrogens is 264 g/mol. The van der Waals surface area contributed by atoms with Crippen LogP contribution in [0.4, 0.5) is 0 Å². The van der Waals surface area contributed by atoms with Crippen molar-refractivity contribution in [2.24, 2.45) is 7.05 Å². The van der Waals surface area contributed by atoms with E-state index in [2.05, 4.69) is 5.32 Å². The van der Waals surface area contributed by atoms with Crippen molar-refractivity contribution in [2.75, 3.05) is 6.54 Å². The zero-order chi connectivity index (χ0) is 13.8. The van der Waals surface area contributed by atoms with Crippen LogP contribution in [0.1, 0.15) is 22.2 Å². The Morgan fingerprint density at radius 3 is 2.84 bits per heavy atom. The summed E-state index contributed by atoms with van der Waals surface area (Å²) in [5.41, 5.74) is 1.23. The molecule has 0 unspecified atom stereocenters. The van der Waals surface area contributed by atoms with Gasteiger partial charge >= 0.3 is 0 Å². The Balaban J connectivity index is 1.96. The summed E-state index contributed by atoms with van der Waals surface area (Å²) in [6.45, 7) is 0.156. The van der Waals surface area contributed by atoms with E-state index in [1.165, 1.54) is 0 Å². The lowest BCUT2D eigenvalue weighted by Gasteiger charge is -2.13. The molecule has 0 spiro atoms. The van der Waals surface area contributed by atoms with Gasteiger partial charge in [-0.05, 0) is 30.3 Å². The normalized spacial score (nSPS) is 12.2. The number of nitrogens with zero attached hydrogens (tertiary/aromatic N) is 1. The SMILES string of the molecule is Cn1cccc1[C@H](O)CNC(=O)c1cccc(Cl)c1. The molecule has 19 heavy (non-hydrogen) atoms. The van der Waals surface area contributed by atoms with Crippen LogP contribution in [0.3, 0.4) is 0 Å². The Labute approximate surface area is 116 Å². The number of aliphatic hydroxyl groups excluding tert-OH is 1. The predicted octanol–water partition coefficient (Wildman–Crippen LogP) is 2.14. The van der Waals surface area contributed by atoms with Crippen LogP contribution >= 0.6 is 11.6 Å². The molecule has 0 aliphatic carbocycles. The molecule has 4 nitrogen and oxygen atoms in total. The molecule has 2 N–H and O–H groups in total. The minimum Gasteiger partial charge on any atom is -0.385 e. The number of hydrogen-bond acceptors (Lipinski definition) is 2. The molecule has 1 aromatic carbocycles. The molecule has 1 amide bonds. The van der Waals surface area contributed by atoms with E-state index in [-0.39, 0.29) is 12.5 Å². The van der Waals surface area contributed by atoms with Gasteiger partial charge in [0.2, 0.25) is 0 Å². The van der Waals surface area contributed by atoms with E-state index in [9.17, 15) is 9.90 Å². The number of halogens is 1. The molecule has 0 aliphatic heterocycles. The molecule has 0 bridgehead atoms. The first-order valence-electron chi connectivity index (χ1n) is 5.91. The van der Waals surface area contributed by atoms with Gasteiger partial charge in [-0.1, -0.05) is 17.7 Å². The highest BCUT2D eigenvalue weighted by Gasteiger charge is 2.12. The first-order chi connectivity index (χ1) is 9.08. The monoisotopic (exact) mass is 278 g/mol. The van der Waals surface area contributed by atoms with Crippen molar-refractivity contribution in [3.63, 3.8) is 0 Å². The molecule has 0 fully saturated rings. The van der Waals surface area contributed by atoms with Gasteiger partial charge in [0.25, 0.3) is 5.91 Å². The van der Waals surface area contributed by atoms with Crippen LogP contribution in [0, 0.1) is 0 Å². The Hall–Kier alpha value is -1.78. The average molecular weight is 279 g/mol. The molecule has 0 aliphatic rings. The van der Waals surface area contributed by atoms with Gasteiger partial charge in [0.05, 0.1) is 0 Å². The number of carbonyl (C=O) groups excluding carboxylic acids is 1. The predicted molar refractivity (Wildman–Crippen MR) is 74.2 cm³/mol. The summed E-state index contributed by atoms with van der Waals surface area (Å²) in [7, 11) is 1.84. The minimum absolute atomic E-state index is 0.156. The van der Waals surface area contributed by atoms with Gasteiger partial charge in [-0.25, -0.2) is 0 Å². The average Bonchev–Trinajstić information content (AvgIpc) is 2.82. The summed E-state index contributed by atoms with van der Waals surface area (Å²) >= 11 is 5.82. The standard InChI is InChI=1S/C14H15ClN2O2/c1-17-7-3-6-12(17)13(18)9-16-14(19)10-4-2-5-11(15)8-10/h2-8,13,18H,9H2,1H3,(H,16,19)/t13-/m1/s1. The lowest BCUT2D eigenvalue weighted by atomic mass is 10.2. The zero-order valence-corrected chi connectivity index (χ0v) is 11.3. The number of carbonyl (C=O) groups is 1. The van der Waals surface area contributed by atoms with Gasteiger partial charge in [0.1, 0.15) is 6.10 Å². The maximum Gasteiger partial charge on any atom is 0.251 e. The van der Waals surface area contributed by atoms with Crippen LogP contribution in [0.5, 0.6) is 0 Å². The summed E-state index contributed by atoms with van der Waals surface area (Å²) < 4.78 is 1.82. The first-order valence-corrected chi connectivity index (χ1v) is 6.29. The van der Waals surface area contributed by atoms with Gasteiger partial charge in [-0.2, -0.15) is 0 Å². The topological polar surface area (TPSA) is 54.3 Å². The number of nitrogens with one attached hydrogen (secondary N) is 1. The third kappa shape index (κ3) is 3.36. The summed E-state index contributed by atoms with van der Waals surface area (Å²) in [5.74, 6) is -0.254. The molecule has 2 rings (SSSR count).